The summed E-state index contributed by atoms with van der Waals surface area (Å²) in [4.78, 5) is 11.8. The first-order valence-corrected chi connectivity index (χ1v) is 7.88. The molecule has 0 aliphatic rings. The molecule has 0 saturated heterocycles. The highest BCUT2D eigenvalue weighted by Gasteiger charge is 2.08. The van der Waals surface area contributed by atoms with Crippen LogP contribution in [0.3, 0.4) is 0 Å². The Balaban J connectivity index is 2.53. The van der Waals surface area contributed by atoms with E-state index in [1.807, 2.05) is 6.92 Å². The number of carbonyl (C=O) groups is 1. The van der Waals surface area contributed by atoms with Crippen molar-refractivity contribution < 1.29 is 13.7 Å². The number of rotatable bonds is 7. The maximum absolute atomic E-state index is 11.8. The van der Waals surface area contributed by atoms with Gasteiger partial charge in [-0.15, -0.1) is 0 Å². The van der Waals surface area contributed by atoms with Crippen LogP contribution in [0.1, 0.15) is 23.7 Å². The minimum atomic E-state index is -0.822. The molecule has 0 saturated carbocycles. The number of anilines is 1. The van der Waals surface area contributed by atoms with Crippen molar-refractivity contribution in [3.8, 4) is 5.75 Å². The van der Waals surface area contributed by atoms with Gasteiger partial charge in [0.2, 0.25) is 0 Å². The van der Waals surface area contributed by atoms with E-state index in [0.29, 0.717) is 42.3 Å². The lowest BCUT2D eigenvalue weighted by Crippen LogP contribution is -2.25. The summed E-state index contributed by atoms with van der Waals surface area (Å²) in [6.07, 6.45) is 2.34. The molecule has 5 nitrogen and oxygen atoms in total. The number of benzene rings is 1. The topological polar surface area (TPSA) is 81.4 Å². The fraction of sp³-hybridized carbons (Fsp3) is 0.462. The first kappa shape index (κ1) is 15.5. The van der Waals surface area contributed by atoms with E-state index in [0.717, 1.165) is 0 Å². The summed E-state index contributed by atoms with van der Waals surface area (Å²) in [5, 5.41) is 2.76. The molecule has 1 aromatic carbocycles. The Labute approximate surface area is 116 Å². The van der Waals surface area contributed by atoms with Gasteiger partial charge in [-0.2, -0.15) is 0 Å². The summed E-state index contributed by atoms with van der Waals surface area (Å²) in [6.45, 7) is 2.91. The van der Waals surface area contributed by atoms with Gasteiger partial charge in [-0.25, -0.2) is 0 Å². The fourth-order valence-electron chi connectivity index (χ4n) is 1.56. The van der Waals surface area contributed by atoms with Gasteiger partial charge in [-0.3, -0.25) is 9.00 Å². The SMILES string of the molecule is CCOc1ccc(C(=O)NCCCS(C)=O)cc1N. The molecule has 1 aromatic rings. The smallest absolute Gasteiger partial charge is 0.251 e. The molecular formula is C13H20N2O3S. The Morgan fingerprint density at radius 2 is 2.21 bits per heavy atom. The number of nitrogens with two attached hydrogens (primary N) is 1. The Morgan fingerprint density at radius 3 is 2.79 bits per heavy atom. The normalized spacial score (nSPS) is 11.9. The van der Waals surface area contributed by atoms with Gasteiger partial charge in [0.1, 0.15) is 5.75 Å². The van der Waals surface area contributed by atoms with Gasteiger partial charge in [0.15, 0.2) is 0 Å². The van der Waals surface area contributed by atoms with Gasteiger partial charge in [0, 0.05) is 34.9 Å². The van der Waals surface area contributed by atoms with Crippen LogP contribution in [0.5, 0.6) is 5.75 Å². The lowest BCUT2D eigenvalue weighted by Gasteiger charge is -2.09. The maximum atomic E-state index is 11.8. The van der Waals surface area contributed by atoms with Crippen LogP contribution in [0.4, 0.5) is 5.69 Å². The van der Waals surface area contributed by atoms with Gasteiger partial charge >= 0.3 is 0 Å². The van der Waals surface area contributed by atoms with Gasteiger partial charge in [0.25, 0.3) is 5.91 Å². The van der Waals surface area contributed by atoms with Crippen molar-refractivity contribution in [2.75, 3.05) is 30.9 Å². The Bertz CT molecular complexity index is 463. The molecule has 0 bridgehead atoms. The van der Waals surface area contributed by atoms with Crippen molar-refractivity contribution >= 4 is 22.4 Å². The van der Waals surface area contributed by atoms with Crippen molar-refractivity contribution in [3.63, 3.8) is 0 Å². The number of nitrogens with one attached hydrogen (secondary N) is 1. The molecular weight excluding hydrogens is 264 g/mol. The van der Waals surface area contributed by atoms with Crippen LogP contribution in [0.25, 0.3) is 0 Å². The summed E-state index contributed by atoms with van der Waals surface area (Å²) in [5.74, 6) is 0.989. The van der Waals surface area contributed by atoms with E-state index >= 15 is 0 Å². The van der Waals surface area contributed by atoms with Crippen LogP contribution in [0.15, 0.2) is 18.2 Å². The highest BCUT2D eigenvalue weighted by atomic mass is 32.2. The molecule has 6 heteroatoms. The molecule has 1 atom stereocenters. The quantitative estimate of drug-likeness (QED) is 0.581. The van der Waals surface area contributed by atoms with Crippen molar-refractivity contribution in [2.45, 2.75) is 13.3 Å². The second-order valence-corrected chi connectivity index (χ2v) is 5.63. The third kappa shape index (κ3) is 5.30. The van der Waals surface area contributed by atoms with Crippen LogP contribution in [-0.2, 0) is 10.8 Å². The highest BCUT2D eigenvalue weighted by molar-refractivity contribution is 7.84. The zero-order chi connectivity index (χ0) is 14.3. The second-order valence-electron chi connectivity index (χ2n) is 4.07. The molecule has 0 aliphatic carbocycles. The monoisotopic (exact) mass is 284 g/mol. The van der Waals surface area contributed by atoms with Crippen molar-refractivity contribution in [3.05, 3.63) is 23.8 Å². The van der Waals surface area contributed by atoms with Gasteiger partial charge < -0.3 is 15.8 Å². The third-order valence-corrected chi connectivity index (χ3v) is 3.33. The Hall–Kier alpha value is -1.56. The maximum Gasteiger partial charge on any atom is 0.251 e. The standard InChI is InChI=1S/C13H20N2O3S/c1-3-18-12-6-5-10(9-11(12)14)13(16)15-7-4-8-19(2)17/h5-6,9H,3-4,7-8,14H2,1-2H3,(H,15,16). The van der Waals surface area contributed by atoms with E-state index in [9.17, 15) is 9.00 Å². The van der Waals surface area contributed by atoms with Gasteiger partial charge in [0.05, 0.1) is 12.3 Å². The van der Waals surface area contributed by atoms with Crippen LogP contribution in [0.2, 0.25) is 0 Å². The number of hydrogen-bond donors (Lipinski definition) is 2. The fourth-order valence-corrected chi connectivity index (χ4v) is 2.11. The van der Waals surface area contributed by atoms with E-state index in [-0.39, 0.29) is 5.91 Å². The second kappa shape index (κ2) is 7.78. The highest BCUT2D eigenvalue weighted by Crippen LogP contribution is 2.22. The number of hydrogen-bond acceptors (Lipinski definition) is 4. The lowest BCUT2D eigenvalue weighted by atomic mass is 10.1. The number of ether oxygens (including phenoxy) is 1. The molecule has 3 N–H and O–H groups in total. The summed E-state index contributed by atoms with van der Waals surface area (Å²) >= 11 is 0. The number of amides is 1. The predicted molar refractivity (Wildman–Crippen MR) is 77.9 cm³/mol. The van der Waals surface area contributed by atoms with Crippen molar-refractivity contribution in [2.24, 2.45) is 0 Å². The van der Waals surface area contributed by atoms with Crippen molar-refractivity contribution in [1.29, 1.82) is 0 Å². The third-order valence-electron chi connectivity index (χ3n) is 2.47. The lowest BCUT2D eigenvalue weighted by molar-refractivity contribution is 0.0954. The van der Waals surface area contributed by atoms with E-state index in [1.165, 1.54) is 0 Å². The van der Waals surface area contributed by atoms with Crippen LogP contribution in [0, 0.1) is 0 Å². The first-order chi connectivity index (χ1) is 9.04. The molecule has 0 fully saturated rings. The van der Waals surface area contributed by atoms with Gasteiger partial charge in [-0.1, -0.05) is 0 Å². The molecule has 0 radical (unpaired) electrons. The molecule has 1 amide bonds. The summed E-state index contributed by atoms with van der Waals surface area (Å²) in [7, 11) is -0.822. The summed E-state index contributed by atoms with van der Waals surface area (Å²) in [5.41, 5.74) is 6.74. The first-order valence-electron chi connectivity index (χ1n) is 6.15. The molecule has 19 heavy (non-hydrogen) atoms. The minimum Gasteiger partial charge on any atom is -0.492 e. The van der Waals surface area contributed by atoms with Crippen LogP contribution >= 0.6 is 0 Å². The van der Waals surface area contributed by atoms with E-state index in [1.54, 1.807) is 24.5 Å². The average Bonchev–Trinajstić information content (AvgIpc) is 2.36. The summed E-state index contributed by atoms with van der Waals surface area (Å²) < 4.78 is 16.2. The molecule has 106 valence electrons. The Kier molecular flexibility index (Phi) is 6.35. The van der Waals surface area contributed by atoms with E-state index in [4.69, 9.17) is 10.5 Å². The zero-order valence-electron chi connectivity index (χ0n) is 11.3. The number of carbonyl (C=O) groups excluding carboxylic acids is 1. The average molecular weight is 284 g/mol. The molecule has 1 unspecified atom stereocenters. The van der Waals surface area contributed by atoms with Gasteiger partial charge in [-0.05, 0) is 31.5 Å². The molecule has 0 heterocycles. The molecule has 0 aliphatic heterocycles. The number of nitrogen functional groups attached to an aromatic ring is 1. The zero-order valence-corrected chi connectivity index (χ0v) is 12.1. The Morgan fingerprint density at radius 1 is 1.47 bits per heavy atom. The molecule has 0 spiro atoms. The molecule has 0 aromatic heterocycles. The largest absolute Gasteiger partial charge is 0.492 e. The predicted octanol–water partition coefficient (Wildman–Crippen LogP) is 1.17. The minimum absolute atomic E-state index is 0.184. The van der Waals surface area contributed by atoms with Crippen LogP contribution < -0.4 is 15.8 Å². The van der Waals surface area contributed by atoms with Crippen LogP contribution in [-0.4, -0.2) is 35.3 Å². The molecule has 1 rings (SSSR count). The summed E-state index contributed by atoms with van der Waals surface area (Å²) in [6, 6.07) is 4.96. The van der Waals surface area contributed by atoms with E-state index < -0.39 is 10.8 Å². The van der Waals surface area contributed by atoms with E-state index in [2.05, 4.69) is 5.32 Å². The van der Waals surface area contributed by atoms with Crippen molar-refractivity contribution in [1.82, 2.24) is 5.32 Å².